The van der Waals surface area contributed by atoms with Crippen LogP contribution in [0.4, 0.5) is 0 Å². The summed E-state index contributed by atoms with van der Waals surface area (Å²) in [6.45, 7) is 3.64. The number of nitrogens with one attached hydrogen (secondary N) is 1. The SMILES string of the molecule is CCCC(NC(=O)CC(=O)OCC)C(=O)O. The lowest BCUT2D eigenvalue weighted by atomic mass is 10.1. The van der Waals surface area contributed by atoms with Crippen molar-refractivity contribution in [3.8, 4) is 0 Å². The van der Waals surface area contributed by atoms with E-state index in [2.05, 4.69) is 10.1 Å². The predicted molar refractivity (Wildman–Crippen MR) is 55.7 cm³/mol. The van der Waals surface area contributed by atoms with Gasteiger partial charge in [0.2, 0.25) is 5.91 Å². The lowest BCUT2D eigenvalue weighted by molar-refractivity contribution is -0.148. The molecule has 0 radical (unpaired) electrons. The highest BCUT2D eigenvalue weighted by atomic mass is 16.5. The van der Waals surface area contributed by atoms with E-state index in [0.29, 0.717) is 12.8 Å². The molecule has 0 bridgehead atoms. The number of carbonyl (C=O) groups excluding carboxylic acids is 2. The standard InChI is InChI=1S/C10H17NO5/c1-3-5-7(10(14)15)11-8(12)6-9(13)16-4-2/h7H,3-6H2,1-2H3,(H,11,12)(H,14,15). The monoisotopic (exact) mass is 231 g/mol. The van der Waals surface area contributed by atoms with Gasteiger partial charge in [0.05, 0.1) is 6.61 Å². The van der Waals surface area contributed by atoms with Gasteiger partial charge in [0.25, 0.3) is 0 Å². The minimum Gasteiger partial charge on any atom is -0.480 e. The van der Waals surface area contributed by atoms with Crippen LogP contribution < -0.4 is 5.32 Å². The number of amides is 1. The molecule has 92 valence electrons. The molecule has 0 aromatic rings. The minimum atomic E-state index is -1.10. The maximum absolute atomic E-state index is 11.2. The van der Waals surface area contributed by atoms with E-state index < -0.39 is 30.3 Å². The van der Waals surface area contributed by atoms with E-state index in [4.69, 9.17) is 5.11 Å². The first-order valence-electron chi connectivity index (χ1n) is 5.19. The second-order valence-corrected chi connectivity index (χ2v) is 3.23. The van der Waals surface area contributed by atoms with Gasteiger partial charge in [0.15, 0.2) is 0 Å². The number of hydrogen-bond donors (Lipinski definition) is 2. The van der Waals surface area contributed by atoms with Crippen molar-refractivity contribution in [2.45, 2.75) is 39.2 Å². The Morgan fingerprint density at radius 3 is 2.38 bits per heavy atom. The summed E-state index contributed by atoms with van der Waals surface area (Å²) in [7, 11) is 0. The largest absolute Gasteiger partial charge is 0.480 e. The van der Waals surface area contributed by atoms with Crippen LogP contribution in [0.25, 0.3) is 0 Å². The number of ether oxygens (including phenoxy) is 1. The van der Waals surface area contributed by atoms with Crippen molar-refractivity contribution in [1.82, 2.24) is 5.32 Å². The van der Waals surface area contributed by atoms with Gasteiger partial charge in [0, 0.05) is 0 Å². The van der Waals surface area contributed by atoms with Crippen molar-refractivity contribution < 1.29 is 24.2 Å². The molecule has 0 aliphatic carbocycles. The molecular formula is C10H17NO5. The summed E-state index contributed by atoms with van der Waals surface area (Å²) in [6, 6.07) is -0.938. The molecule has 0 fully saturated rings. The zero-order valence-electron chi connectivity index (χ0n) is 9.49. The summed E-state index contributed by atoms with van der Waals surface area (Å²) in [5.41, 5.74) is 0. The van der Waals surface area contributed by atoms with E-state index in [0.717, 1.165) is 0 Å². The van der Waals surface area contributed by atoms with Gasteiger partial charge in [-0.2, -0.15) is 0 Å². The average Bonchev–Trinajstić information content (AvgIpc) is 2.16. The minimum absolute atomic E-state index is 0.198. The Bertz CT molecular complexity index is 264. The van der Waals surface area contributed by atoms with E-state index in [9.17, 15) is 14.4 Å². The van der Waals surface area contributed by atoms with Crippen LogP contribution in [0.3, 0.4) is 0 Å². The summed E-state index contributed by atoms with van der Waals surface area (Å²) in [5, 5.41) is 11.0. The Morgan fingerprint density at radius 1 is 1.31 bits per heavy atom. The molecule has 0 aliphatic heterocycles. The summed E-state index contributed by atoms with van der Waals surface area (Å²) < 4.78 is 4.57. The van der Waals surface area contributed by atoms with E-state index in [1.54, 1.807) is 6.92 Å². The van der Waals surface area contributed by atoms with Gasteiger partial charge in [-0.3, -0.25) is 9.59 Å². The fourth-order valence-electron chi connectivity index (χ4n) is 1.13. The van der Waals surface area contributed by atoms with Crippen molar-refractivity contribution in [2.24, 2.45) is 0 Å². The second kappa shape index (κ2) is 7.67. The first-order chi connectivity index (χ1) is 7.51. The Kier molecular flexibility index (Phi) is 6.91. The number of carboxylic acids is 1. The van der Waals surface area contributed by atoms with Gasteiger partial charge in [-0.1, -0.05) is 13.3 Å². The lowest BCUT2D eigenvalue weighted by Gasteiger charge is -2.12. The molecule has 0 heterocycles. The Hall–Kier alpha value is -1.59. The van der Waals surface area contributed by atoms with Crippen LogP contribution >= 0.6 is 0 Å². The molecular weight excluding hydrogens is 214 g/mol. The summed E-state index contributed by atoms with van der Waals surface area (Å²) >= 11 is 0. The number of carbonyl (C=O) groups is 3. The third-order valence-electron chi connectivity index (χ3n) is 1.82. The molecule has 1 unspecified atom stereocenters. The maximum Gasteiger partial charge on any atom is 0.326 e. The summed E-state index contributed by atoms with van der Waals surface area (Å²) in [6.07, 6.45) is 0.530. The average molecular weight is 231 g/mol. The lowest BCUT2D eigenvalue weighted by Crippen LogP contribution is -2.41. The molecule has 0 spiro atoms. The fraction of sp³-hybridized carbons (Fsp3) is 0.700. The molecule has 0 aromatic carbocycles. The third kappa shape index (κ3) is 6.00. The number of hydrogen-bond acceptors (Lipinski definition) is 4. The quantitative estimate of drug-likeness (QED) is 0.486. The number of rotatable bonds is 7. The molecule has 1 atom stereocenters. The highest BCUT2D eigenvalue weighted by molar-refractivity contribution is 5.95. The van der Waals surface area contributed by atoms with Crippen LogP contribution in [-0.4, -0.2) is 35.6 Å². The second-order valence-electron chi connectivity index (χ2n) is 3.23. The van der Waals surface area contributed by atoms with Gasteiger partial charge in [-0.05, 0) is 13.3 Å². The van der Waals surface area contributed by atoms with Crippen LogP contribution in [0.15, 0.2) is 0 Å². The van der Waals surface area contributed by atoms with E-state index in [1.165, 1.54) is 0 Å². The first kappa shape index (κ1) is 14.4. The highest BCUT2D eigenvalue weighted by Crippen LogP contribution is 1.98. The topological polar surface area (TPSA) is 92.7 Å². The van der Waals surface area contributed by atoms with Crippen molar-refractivity contribution in [1.29, 1.82) is 0 Å². The molecule has 16 heavy (non-hydrogen) atoms. The van der Waals surface area contributed by atoms with Crippen molar-refractivity contribution in [2.75, 3.05) is 6.61 Å². The van der Waals surface area contributed by atoms with Crippen molar-refractivity contribution in [3.63, 3.8) is 0 Å². The van der Waals surface area contributed by atoms with E-state index >= 15 is 0 Å². The smallest absolute Gasteiger partial charge is 0.326 e. The Morgan fingerprint density at radius 2 is 1.94 bits per heavy atom. The van der Waals surface area contributed by atoms with Crippen LogP contribution in [0.1, 0.15) is 33.1 Å². The molecule has 0 saturated heterocycles. The van der Waals surface area contributed by atoms with Crippen LogP contribution in [0, 0.1) is 0 Å². The fourth-order valence-corrected chi connectivity index (χ4v) is 1.13. The van der Waals surface area contributed by atoms with Gasteiger partial charge in [0.1, 0.15) is 12.5 Å². The molecule has 0 aromatic heterocycles. The molecule has 1 amide bonds. The van der Waals surface area contributed by atoms with Crippen LogP contribution in [-0.2, 0) is 19.1 Å². The van der Waals surface area contributed by atoms with Gasteiger partial charge in [-0.15, -0.1) is 0 Å². The van der Waals surface area contributed by atoms with Crippen molar-refractivity contribution in [3.05, 3.63) is 0 Å². The Balaban J connectivity index is 4.09. The van der Waals surface area contributed by atoms with Crippen LogP contribution in [0.2, 0.25) is 0 Å². The van der Waals surface area contributed by atoms with Crippen LogP contribution in [0.5, 0.6) is 0 Å². The zero-order chi connectivity index (χ0) is 12.6. The molecule has 6 nitrogen and oxygen atoms in total. The highest BCUT2D eigenvalue weighted by Gasteiger charge is 2.20. The normalized spacial score (nSPS) is 11.6. The Labute approximate surface area is 94.0 Å². The van der Waals surface area contributed by atoms with Gasteiger partial charge >= 0.3 is 11.9 Å². The summed E-state index contributed by atoms with van der Waals surface area (Å²) in [5.74, 6) is -2.38. The number of carboxylic acid groups (broad SMARTS) is 1. The van der Waals surface area contributed by atoms with E-state index in [1.807, 2.05) is 6.92 Å². The predicted octanol–water partition coefficient (Wildman–Crippen LogP) is 0.309. The molecule has 6 heteroatoms. The molecule has 0 saturated carbocycles. The first-order valence-corrected chi connectivity index (χ1v) is 5.19. The number of esters is 1. The molecule has 0 rings (SSSR count). The summed E-state index contributed by atoms with van der Waals surface area (Å²) in [4.78, 5) is 32.9. The van der Waals surface area contributed by atoms with Crippen molar-refractivity contribution >= 4 is 17.8 Å². The number of aliphatic carboxylic acids is 1. The molecule has 0 aliphatic rings. The van der Waals surface area contributed by atoms with Gasteiger partial charge in [-0.25, -0.2) is 4.79 Å². The third-order valence-corrected chi connectivity index (χ3v) is 1.82. The zero-order valence-corrected chi connectivity index (χ0v) is 9.49. The molecule has 2 N–H and O–H groups in total. The maximum atomic E-state index is 11.2. The van der Waals surface area contributed by atoms with E-state index in [-0.39, 0.29) is 6.61 Å². The van der Waals surface area contributed by atoms with Gasteiger partial charge < -0.3 is 15.2 Å².